The quantitative estimate of drug-likeness (QED) is 0.519. The Morgan fingerprint density at radius 3 is 2.48 bits per heavy atom. The van der Waals surface area contributed by atoms with Crippen LogP contribution < -0.4 is 16.0 Å². The highest BCUT2D eigenvalue weighted by molar-refractivity contribution is 6.06. The van der Waals surface area contributed by atoms with Crippen LogP contribution in [0.25, 0.3) is 0 Å². The number of carbonyl (C=O) groups excluding carboxylic acids is 3. The number of aryl methyl sites for hydroxylation is 1. The first kappa shape index (κ1) is 22.1. The van der Waals surface area contributed by atoms with E-state index in [0.29, 0.717) is 24.2 Å². The van der Waals surface area contributed by atoms with E-state index in [9.17, 15) is 18.8 Å². The Morgan fingerprint density at radius 1 is 1.09 bits per heavy atom. The Hall–Kier alpha value is -4.07. The molecule has 1 aromatic heterocycles. The zero-order valence-corrected chi connectivity index (χ0v) is 17.8. The van der Waals surface area contributed by atoms with Crippen LogP contribution in [-0.2, 0) is 16.0 Å². The number of amides is 3. The number of nitrogens with zero attached hydrogens (tertiary/aromatic N) is 2. The van der Waals surface area contributed by atoms with Crippen LogP contribution in [0.4, 0.5) is 10.1 Å². The summed E-state index contributed by atoms with van der Waals surface area (Å²) in [5.74, 6) is -2.50. The molecule has 0 saturated carbocycles. The molecule has 7 nitrogen and oxygen atoms in total. The molecule has 1 aliphatic heterocycles. The summed E-state index contributed by atoms with van der Waals surface area (Å²) in [7, 11) is 0. The van der Waals surface area contributed by atoms with Crippen LogP contribution in [0.15, 0.2) is 72.9 Å². The lowest BCUT2D eigenvalue weighted by atomic mass is 9.91. The fraction of sp³-hybridized carbons (Fsp3) is 0.200. The molecule has 3 aromatic rings. The number of primary amides is 1. The minimum absolute atomic E-state index is 0.179. The van der Waals surface area contributed by atoms with Gasteiger partial charge in [0.05, 0.1) is 23.7 Å². The second-order valence-corrected chi connectivity index (χ2v) is 7.86. The van der Waals surface area contributed by atoms with Crippen molar-refractivity contribution in [3.63, 3.8) is 0 Å². The van der Waals surface area contributed by atoms with E-state index in [-0.39, 0.29) is 18.0 Å². The van der Waals surface area contributed by atoms with E-state index in [1.807, 2.05) is 30.3 Å². The number of rotatable bonds is 8. The van der Waals surface area contributed by atoms with Gasteiger partial charge in [0.15, 0.2) is 0 Å². The zero-order chi connectivity index (χ0) is 23.4. The topological polar surface area (TPSA) is 105 Å². The van der Waals surface area contributed by atoms with E-state index >= 15 is 0 Å². The third-order valence-electron chi connectivity index (χ3n) is 5.70. The van der Waals surface area contributed by atoms with E-state index in [4.69, 9.17) is 5.73 Å². The van der Waals surface area contributed by atoms with Crippen molar-refractivity contribution in [1.29, 1.82) is 0 Å². The molecule has 0 radical (unpaired) electrons. The van der Waals surface area contributed by atoms with Crippen LogP contribution in [0, 0.1) is 5.82 Å². The maximum absolute atomic E-state index is 13.3. The first-order valence-corrected chi connectivity index (χ1v) is 10.6. The normalized spacial score (nSPS) is 16.1. The highest BCUT2D eigenvalue weighted by atomic mass is 19.1. The molecule has 3 N–H and O–H groups in total. The molecular weight excluding hydrogens is 423 g/mol. The molecule has 2 atom stereocenters. The van der Waals surface area contributed by atoms with Gasteiger partial charge in [-0.3, -0.25) is 19.4 Å². The number of pyridine rings is 1. The Balaban J connectivity index is 1.50. The Kier molecular flexibility index (Phi) is 6.44. The molecule has 0 spiro atoms. The van der Waals surface area contributed by atoms with Crippen molar-refractivity contribution in [3.05, 3.63) is 95.6 Å². The number of nitrogens with two attached hydrogens (primary N) is 1. The summed E-state index contributed by atoms with van der Waals surface area (Å²) in [5, 5.41) is 2.78. The van der Waals surface area contributed by atoms with Crippen molar-refractivity contribution in [3.8, 4) is 0 Å². The molecular formula is C25H23FN4O3. The number of β-lactam (4-membered cyclic amide) rings is 1. The summed E-state index contributed by atoms with van der Waals surface area (Å²) in [5.41, 5.74) is 7.59. The second kappa shape index (κ2) is 9.60. The van der Waals surface area contributed by atoms with Crippen molar-refractivity contribution in [2.24, 2.45) is 5.73 Å². The first-order chi connectivity index (χ1) is 15.9. The van der Waals surface area contributed by atoms with E-state index in [2.05, 4.69) is 10.3 Å². The minimum atomic E-state index is -0.762. The zero-order valence-electron chi connectivity index (χ0n) is 17.8. The lowest BCUT2D eigenvalue weighted by Gasteiger charge is -2.39. The van der Waals surface area contributed by atoms with Gasteiger partial charge in [0, 0.05) is 11.9 Å². The van der Waals surface area contributed by atoms with Gasteiger partial charge in [-0.1, -0.05) is 30.3 Å². The number of aromatic nitrogens is 1. The van der Waals surface area contributed by atoms with Crippen LogP contribution in [0.1, 0.15) is 34.0 Å². The smallest absolute Gasteiger partial charge is 0.251 e. The summed E-state index contributed by atoms with van der Waals surface area (Å²) >= 11 is 0. The van der Waals surface area contributed by atoms with Crippen LogP contribution in [0.2, 0.25) is 0 Å². The third kappa shape index (κ3) is 4.90. The molecule has 8 heteroatoms. The van der Waals surface area contributed by atoms with Gasteiger partial charge in [0.2, 0.25) is 5.91 Å². The average molecular weight is 446 g/mol. The Bertz CT molecular complexity index is 1170. The van der Waals surface area contributed by atoms with Crippen LogP contribution in [-0.4, -0.2) is 35.3 Å². The highest BCUT2D eigenvalue weighted by Gasteiger charge is 2.40. The van der Waals surface area contributed by atoms with Crippen molar-refractivity contribution in [2.45, 2.75) is 24.8 Å². The van der Waals surface area contributed by atoms with Gasteiger partial charge in [0.1, 0.15) is 11.9 Å². The fourth-order valence-electron chi connectivity index (χ4n) is 3.91. The largest absolute Gasteiger partial charge is 0.366 e. The number of hydrogen-bond donors (Lipinski definition) is 2. The number of hydrogen-bond acceptors (Lipinski definition) is 4. The van der Waals surface area contributed by atoms with Gasteiger partial charge in [-0.25, -0.2) is 4.39 Å². The van der Waals surface area contributed by atoms with Crippen LogP contribution >= 0.6 is 0 Å². The van der Waals surface area contributed by atoms with Gasteiger partial charge in [-0.05, 0) is 54.8 Å². The summed E-state index contributed by atoms with van der Waals surface area (Å²) in [6.45, 7) is 0.270. The number of anilines is 1. The summed E-state index contributed by atoms with van der Waals surface area (Å²) in [6, 6.07) is 17.7. The van der Waals surface area contributed by atoms with Crippen molar-refractivity contribution < 1.29 is 18.8 Å². The lowest BCUT2D eigenvalue weighted by molar-refractivity contribution is -0.131. The van der Waals surface area contributed by atoms with Gasteiger partial charge < -0.3 is 16.0 Å². The molecule has 3 amide bonds. The Morgan fingerprint density at radius 2 is 1.82 bits per heavy atom. The molecule has 1 aliphatic rings. The molecule has 0 aliphatic carbocycles. The Labute approximate surface area is 190 Å². The highest BCUT2D eigenvalue weighted by Crippen LogP contribution is 2.26. The maximum Gasteiger partial charge on any atom is 0.251 e. The molecule has 0 bridgehead atoms. The third-order valence-corrected chi connectivity index (χ3v) is 5.70. The monoisotopic (exact) mass is 446 g/mol. The predicted molar refractivity (Wildman–Crippen MR) is 121 cm³/mol. The predicted octanol–water partition coefficient (Wildman–Crippen LogP) is 2.57. The number of benzene rings is 2. The molecule has 4 rings (SSSR count). The van der Waals surface area contributed by atoms with Gasteiger partial charge in [0.25, 0.3) is 11.8 Å². The second-order valence-electron chi connectivity index (χ2n) is 7.86. The van der Waals surface area contributed by atoms with E-state index in [0.717, 1.165) is 5.56 Å². The minimum Gasteiger partial charge on any atom is -0.366 e. The first-order valence-electron chi connectivity index (χ1n) is 10.6. The lowest BCUT2D eigenvalue weighted by Crippen LogP contribution is -2.64. The summed E-state index contributed by atoms with van der Waals surface area (Å²) < 4.78 is 13.2. The summed E-state index contributed by atoms with van der Waals surface area (Å²) in [6.07, 6.45) is 2.47. The van der Waals surface area contributed by atoms with Crippen molar-refractivity contribution >= 4 is 23.4 Å². The molecule has 168 valence electrons. The molecule has 0 unspecified atom stereocenters. The number of halogens is 1. The molecule has 2 heterocycles. The van der Waals surface area contributed by atoms with Gasteiger partial charge in [-0.15, -0.1) is 0 Å². The molecule has 1 fully saturated rings. The number of carbonyl (C=O) groups is 3. The maximum atomic E-state index is 13.3. The van der Waals surface area contributed by atoms with Gasteiger partial charge in [-0.2, -0.15) is 0 Å². The van der Waals surface area contributed by atoms with E-state index < -0.39 is 29.6 Å². The average Bonchev–Trinajstić information content (AvgIpc) is 2.83. The number of nitrogens with one attached hydrogen (secondary N) is 1. The van der Waals surface area contributed by atoms with Crippen LogP contribution in [0.5, 0.6) is 0 Å². The molecule has 2 aromatic carbocycles. The van der Waals surface area contributed by atoms with Crippen molar-refractivity contribution in [1.82, 2.24) is 10.3 Å². The SMILES string of the molecule is NC(=O)c1cccnc1[C@H](CCc1ccccc1)C(=O)N[C@H]1CN(c2ccc(F)cc2)C1=O. The van der Waals surface area contributed by atoms with E-state index in [1.165, 1.54) is 41.4 Å². The molecule has 1 saturated heterocycles. The van der Waals surface area contributed by atoms with E-state index in [1.54, 1.807) is 6.07 Å². The standard InChI is InChI=1S/C25H23FN4O3/c26-17-9-11-18(12-10-17)30-15-21(25(30)33)29-24(32)20(13-8-16-5-2-1-3-6-16)22-19(23(27)31)7-4-14-28-22/h1-7,9-12,14,20-21H,8,13,15H2,(H2,27,31)(H,29,32)/t20-,21-/m0/s1. The van der Waals surface area contributed by atoms with Crippen molar-refractivity contribution in [2.75, 3.05) is 11.4 Å². The fourth-order valence-corrected chi connectivity index (χ4v) is 3.91. The van der Waals surface area contributed by atoms with Gasteiger partial charge >= 0.3 is 0 Å². The summed E-state index contributed by atoms with van der Waals surface area (Å²) in [4.78, 5) is 43.6. The molecule has 33 heavy (non-hydrogen) atoms. The van der Waals surface area contributed by atoms with Crippen LogP contribution in [0.3, 0.4) is 0 Å².